The lowest BCUT2D eigenvalue weighted by Gasteiger charge is -2.57. The van der Waals surface area contributed by atoms with E-state index in [1.54, 1.807) is 0 Å². The number of thioether (sulfide) groups is 2. The van der Waals surface area contributed by atoms with Crippen molar-refractivity contribution in [3.63, 3.8) is 0 Å². The van der Waals surface area contributed by atoms with Gasteiger partial charge in [-0.05, 0) is 150 Å². The molecular formula is C44H60O2S2. The monoisotopic (exact) mass is 684 g/mol. The summed E-state index contributed by atoms with van der Waals surface area (Å²) in [6, 6.07) is 9.34. The molecule has 48 heavy (non-hydrogen) atoms. The van der Waals surface area contributed by atoms with E-state index in [9.17, 15) is 10.2 Å². The van der Waals surface area contributed by atoms with Gasteiger partial charge in [-0.3, -0.25) is 0 Å². The third kappa shape index (κ3) is 5.97. The van der Waals surface area contributed by atoms with E-state index in [4.69, 9.17) is 0 Å². The first kappa shape index (κ1) is 32.6. The molecule has 0 amide bonds. The molecule has 2 unspecified atom stereocenters. The Balaban J connectivity index is 0.927. The lowest BCUT2D eigenvalue weighted by atomic mass is 9.48. The van der Waals surface area contributed by atoms with Crippen molar-refractivity contribution in [2.24, 2.45) is 35.5 Å². The van der Waals surface area contributed by atoms with Crippen molar-refractivity contribution in [3.05, 3.63) is 57.6 Å². The summed E-state index contributed by atoms with van der Waals surface area (Å²) in [6.45, 7) is 4.52. The van der Waals surface area contributed by atoms with Gasteiger partial charge in [0.25, 0.3) is 0 Å². The Labute approximate surface area is 299 Å². The Morgan fingerprint density at radius 2 is 0.854 bits per heavy atom. The molecular weight excluding hydrogens is 625 g/mol. The molecule has 2 nitrogen and oxygen atoms in total. The second-order valence-corrected chi connectivity index (χ2v) is 21.2. The van der Waals surface area contributed by atoms with E-state index in [1.165, 1.54) is 149 Å². The smallest absolute Gasteiger partial charge is 0.123 e. The zero-order chi connectivity index (χ0) is 32.6. The van der Waals surface area contributed by atoms with E-state index in [-0.39, 0.29) is 10.8 Å². The molecule has 9 saturated carbocycles. The fraction of sp³-hybridized carbons (Fsp3) is 0.727. The molecule has 11 rings (SSSR count). The van der Waals surface area contributed by atoms with Gasteiger partial charge in [0.2, 0.25) is 0 Å². The van der Waals surface area contributed by atoms with E-state index in [0.717, 1.165) is 47.0 Å². The quantitative estimate of drug-likeness (QED) is 0.290. The van der Waals surface area contributed by atoms with E-state index in [0.29, 0.717) is 22.0 Å². The van der Waals surface area contributed by atoms with Crippen molar-refractivity contribution in [1.82, 2.24) is 0 Å². The molecule has 0 aromatic heterocycles. The minimum atomic E-state index is 0.230. The summed E-state index contributed by atoms with van der Waals surface area (Å²) in [5.74, 6) is 8.45. The van der Waals surface area contributed by atoms with Gasteiger partial charge in [0, 0.05) is 44.3 Å². The number of rotatable bonds is 8. The lowest BCUT2D eigenvalue weighted by Crippen LogP contribution is -2.48. The van der Waals surface area contributed by atoms with E-state index >= 15 is 0 Å². The van der Waals surface area contributed by atoms with Gasteiger partial charge in [-0.25, -0.2) is 0 Å². The molecule has 0 aliphatic heterocycles. The topological polar surface area (TPSA) is 40.5 Å². The van der Waals surface area contributed by atoms with Crippen molar-refractivity contribution in [3.8, 4) is 11.5 Å². The highest BCUT2D eigenvalue weighted by atomic mass is 32.2. The second kappa shape index (κ2) is 12.8. The SMILES string of the molecule is Cc1cc(CSC2CCCCCCC2SCc2cc(C)cc(C34CC5CC(CC(C5)C3)C4)c2O)c(O)c(C23CC4CC(CC(C4)C2)C3)c1. The Morgan fingerprint density at radius 1 is 0.521 bits per heavy atom. The van der Waals surface area contributed by atoms with Gasteiger partial charge in [-0.1, -0.05) is 61.1 Å². The van der Waals surface area contributed by atoms with Crippen LogP contribution in [0, 0.1) is 49.4 Å². The number of aromatic hydroxyl groups is 2. The van der Waals surface area contributed by atoms with Gasteiger partial charge in [0.1, 0.15) is 11.5 Å². The molecule has 0 saturated heterocycles. The number of hydrogen-bond acceptors (Lipinski definition) is 4. The normalized spacial score (nSPS) is 39.9. The van der Waals surface area contributed by atoms with Crippen LogP contribution in [0.1, 0.15) is 149 Å². The summed E-state index contributed by atoms with van der Waals surface area (Å²) in [5, 5.41) is 25.1. The predicted octanol–water partition coefficient (Wildman–Crippen LogP) is 11.9. The van der Waals surface area contributed by atoms with E-state index in [1.807, 2.05) is 0 Å². The van der Waals surface area contributed by atoms with Crippen molar-refractivity contribution >= 4 is 23.5 Å². The molecule has 0 heterocycles. The fourth-order valence-corrected chi connectivity index (χ4v) is 16.9. The van der Waals surface area contributed by atoms with Gasteiger partial charge >= 0.3 is 0 Å². The molecule has 0 spiro atoms. The molecule has 9 fully saturated rings. The average Bonchev–Trinajstić information content (AvgIpc) is 3.01. The van der Waals surface area contributed by atoms with Crippen LogP contribution < -0.4 is 0 Å². The molecule has 4 heteroatoms. The third-order valence-electron chi connectivity index (χ3n) is 14.9. The van der Waals surface area contributed by atoms with E-state index < -0.39 is 0 Å². The summed E-state index contributed by atoms with van der Waals surface area (Å²) < 4.78 is 0. The van der Waals surface area contributed by atoms with Crippen LogP contribution >= 0.6 is 23.5 Å². The molecule has 2 N–H and O–H groups in total. The van der Waals surface area contributed by atoms with Crippen LogP contribution in [-0.2, 0) is 22.3 Å². The molecule has 8 bridgehead atoms. The van der Waals surface area contributed by atoms with Crippen LogP contribution in [0.4, 0.5) is 0 Å². The summed E-state index contributed by atoms with van der Waals surface area (Å²) in [4.78, 5) is 0. The van der Waals surface area contributed by atoms with Crippen LogP contribution in [0.2, 0.25) is 0 Å². The van der Waals surface area contributed by atoms with Crippen molar-refractivity contribution in [2.75, 3.05) is 0 Å². The zero-order valence-electron chi connectivity index (χ0n) is 29.8. The van der Waals surface area contributed by atoms with Gasteiger partial charge in [0.05, 0.1) is 0 Å². The maximum absolute atomic E-state index is 11.9. The van der Waals surface area contributed by atoms with Crippen LogP contribution in [0.25, 0.3) is 0 Å². The van der Waals surface area contributed by atoms with Crippen molar-refractivity contribution in [2.45, 2.75) is 162 Å². The van der Waals surface area contributed by atoms with Gasteiger partial charge < -0.3 is 10.2 Å². The van der Waals surface area contributed by atoms with Crippen LogP contribution in [0.3, 0.4) is 0 Å². The molecule has 2 atom stereocenters. The Kier molecular flexibility index (Phi) is 8.67. The van der Waals surface area contributed by atoms with Gasteiger partial charge in [-0.2, -0.15) is 23.5 Å². The molecule has 2 aromatic carbocycles. The molecule has 2 aromatic rings. The molecule has 9 aliphatic rings. The summed E-state index contributed by atoms with van der Waals surface area (Å²) in [7, 11) is 0. The standard InChI is InChI=1S/C44H60O2S2/c1-27-9-35(41(45)37(11-27)43-19-29-13-30(20-43)15-31(14-29)21-43)25-47-39-7-5-3-4-6-8-40(39)48-26-36-10-28(2)12-38(42(36)46)44-22-32-16-33(23-44)18-34(17-32)24-44/h9-12,29-34,39-40,45-46H,3-8,13-26H2,1-2H3. The molecule has 9 aliphatic carbocycles. The minimum Gasteiger partial charge on any atom is -0.507 e. The summed E-state index contributed by atoms with van der Waals surface area (Å²) in [5.41, 5.74) is 8.13. The second-order valence-electron chi connectivity index (χ2n) is 18.7. The maximum atomic E-state index is 11.9. The largest absolute Gasteiger partial charge is 0.507 e. The lowest BCUT2D eigenvalue weighted by molar-refractivity contribution is -0.00634. The highest BCUT2D eigenvalue weighted by Gasteiger charge is 2.54. The number of phenols is 2. The Morgan fingerprint density at radius 3 is 1.19 bits per heavy atom. The van der Waals surface area contributed by atoms with Gasteiger partial charge in [0.15, 0.2) is 0 Å². The van der Waals surface area contributed by atoms with Crippen molar-refractivity contribution < 1.29 is 10.2 Å². The average molecular weight is 685 g/mol. The predicted molar refractivity (Wildman–Crippen MR) is 203 cm³/mol. The summed E-state index contributed by atoms with van der Waals surface area (Å²) in [6.07, 6.45) is 24.4. The maximum Gasteiger partial charge on any atom is 0.123 e. The first-order valence-electron chi connectivity index (χ1n) is 20.1. The first-order chi connectivity index (χ1) is 23.2. The van der Waals surface area contributed by atoms with Crippen LogP contribution in [0.15, 0.2) is 24.3 Å². The highest BCUT2D eigenvalue weighted by molar-refractivity contribution is 8.03. The first-order valence-corrected chi connectivity index (χ1v) is 22.2. The minimum absolute atomic E-state index is 0.230. The number of hydrogen-bond donors (Lipinski definition) is 2. The Hall–Kier alpha value is -1.26. The third-order valence-corrected chi connectivity index (χ3v) is 18.0. The number of aryl methyl sites for hydroxylation is 2. The highest BCUT2D eigenvalue weighted by Crippen LogP contribution is 2.63. The van der Waals surface area contributed by atoms with Crippen LogP contribution in [0.5, 0.6) is 11.5 Å². The Bertz CT molecular complexity index is 1340. The van der Waals surface area contributed by atoms with Gasteiger partial charge in [-0.15, -0.1) is 0 Å². The zero-order valence-corrected chi connectivity index (χ0v) is 31.4. The van der Waals surface area contributed by atoms with E-state index in [2.05, 4.69) is 61.6 Å². The molecule has 260 valence electrons. The fourth-order valence-electron chi connectivity index (χ4n) is 13.8. The molecule has 0 radical (unpaired) electrons. The number of phenolic OH excluding ortho intramolecular Hbond substituents is 2. The summed E-state index contributed by atoms with van der Waals surface area (Å²) >= 11 is 4.26. The number of benzene rings is 2. The van der Waals surface area contributed by atoms with Crippen molar-refractivity contribution in [1.29, 1.82) is 0 Å². The van der Waals surface area contributed by atoms with Crippen LogP contribution in [-0.4, -0.2) is 20.7 Å².